The topological polar surface area (TPSA) is 55.1 Å². The van der Waals surface area contributed by atoms with Gasteiger partial charge in [0.2, 0.25) is 5.76 Å². The van der Waals surface area contributed by atoms with Crippen LogP contribution in [0.3, 0.4) is 0 Å². The number of aryl methyl sites for hydroxylation is 1. The van der Waals surface area contributed by atoms with E-state index in [0.717, 1.165) is 5.56 Å². The minimum absolute atomic E-state index is 0.0752. The Kier molecular flexibility index (Phi) is 4.27. The van der Waals surface area contributed by atoms with Crippen molar-refractivity contribution in [2.24, 2.45) is 0 Å². The molecule has 0 unspecified atom stereocenters. The number of nitrogens with zero attached hydrogens (tertiary/aromatic N) is 1. The highest BCUT2D eigenvalue weighted by molar-refractivity contribution is 7.98. The van der Waals surface area contributed by atoms with Gasteiger partial charge in [-0.05, 0) is 37.8 Å². The summed E-state index contributed by atoms with van der Waals surface area (Å²) in [7, 11) is 0. The van der Waals surface area contributed by atoms with Gasteiger partial charge in [-0.2, -0.15) is 0 Å². The van der Waals surface area contributed by atoms with E-state index in [2.05, 4.69) is 10.5 Å². The number of thioether (sulfide) groups is 1. The molecular formula is C14H16N2O2S. The van der Waals surface area contributed by atoms with Gasteiger partial charge in [0.1, 0.15) is 0 Å². The lowest BCUT2D eigenvalue weighted by Crippen LogP contribution is -2.26. The van der Waals surface area contributed by atoms with Crippen LogP contribution in [-0.4, -0.2) is 17.3 Å². The molecule has 1 atom stereocenters. The molecule has 1 heterocycles. The molecule has 5 heteroatoms. The average Bonchev–Trinajstić information content (AvgIpc) is 2.85. The van der Waals surface area contributed by atoms with Crippen LogP contribution in [-0.2, 0) is 0 Å². The van der Waals surface area contributed by atoms with Crippen LogP contribution in [0.25, 0.3) is 0 Å². The van der Waals surface area contributed by atoms with Gasteiger partial charge in [-0.3, -0.25) is 4.79 Å². The van der Waals surface area contributed by atoms with E-state index in [1.54, 1.807) is 24.8 Å². The maximum atomic E-state index is 11.9. The fraction of sp³-hybridized carbons (Fsp3) is 0.286. The van der Waals surface area contributed by atoms with Gasteiger partial charge in [0, 0.05) is 11.0 Å². The minimum atomic E-state index is -0.248. The van der Waals surface area contributed by atoms with Crippen molar-refractivity contribution in [2.45, 2.75) is 24.8 Å². The molecule has 0 radical (unpaired) electrons. The average molecular weight is 276 g/mol. The van der Waals surface area contributed by atoms with Crippen molar-refractivity contribution in [1.29, 1.82) is 0 Å². The zero-order chi connectivity index (χ0) is 13.8. The number of carbonyl (C=O) groups excluding carboxylic acids is 1. The van der Waals surface area contributed by atoms with Crippen LogP contribution in [0.4, 0.5) is 0 Å². The largest absolute Gasteiger partial charge is 0.351 e. The fourth-order valence-electron chi connectivity index (χ4n) is 1.71. The molecule has 19 heavy (non-hydrogen) atoms. The maximum Gasteiger partial charge on any atom is 0.290 e. The number of rotatable bonds is 4. The number of hydrogen-bond acceptors (Lipinski definition) is 4. The van der Waals surface area contributed by atoms with Crippen molar-refractivity contribution in [3.05, 3.63) is 47.3 Å². The molecule has 1 aromatic heterocycles. The molecular weight excluding hydrogens is 260 g/mol. The molecule has 0 aliphatic rings. The fourth-order valence-corrected chi connectivity index (χ4v) is 2.12. The molecule has 1 N–H and O–H groups in total. The monoisotopic (exact) mass is 276 g/mol. The van der Waals surface area contributed by atoms with Gasteiger partial charge in [-0.25, -0.2) is 0 Å². The first kappa shape index (κ1) is 13.7. The number of carbonyl (C=O) groups is 1. The Morgan fingerprint density at radius 3 is 2.58 bits per heavy atom. The van der Waals surface area contributed by atoms with Gasteiger partial charge >= 0.3 is 0 Å². The number of nitrogens with one attached hydrogen (secondary N) is 1. The Morgan fingerprint density at radius 2 is 2.05 bits per heavy atom. The summed E-state index contributed by atoms with van der Waals surface area (Å²) in [6, 6.07) is 9.67. The van der Waals surface area contributed by atoms with Crippen molar-refractivity contribution in [3.63, 3.8) is 0 Å². The number of amides is 1. The molecule has 100 valence electrons. The van der Waals surface area contributed by atoms with Crippen LogP contribution in [0.2, 0.25) is 0 Å². The van der Waals surface area contributed by atoms with Crippen LogP contribution in [0.15, 0.2) is 39.8 Å². The quantitative estimate of drug-likeness (QED) is 0.871. The molecule has 0 saturated heterocycles. The highest BCUT2D eigenvalue weighted by Gasteiger charge is 2.15. The van der Waals surface area contributed by atoms with E-state index in [0.29, 0.717) is 5.69 Å². The standard InChI is InChI=1S/C14H16N2O2S/c1-9-8-13(18-16-9)14(17)15-10(2)11-4-6-12(19-3)7-5-11/h4-8,10H,1-3H3,(H,15,17)/t10-/m0/s1. The first-order chi connectivity index (χ1) is 9.10. The first-order valence-corrected chi connectivity index (χ1v) is 7.20. The Bertz CT molecular complexity index is 563. The lowest BCUT2D eigenvalue weighted by Gasteiger charge is -2.13. The second kappa shape index (κ2) is 5.93. The van der Waals surface area contributed by atoms with Crippen molar-refractivity contribution in [2.75, 3.05) is 6.26 Å². The summed E-state index contributed by atoms with van der Waals surface area (Å²) in [5.74, 6) is -0.00729. The second-order valence-corrected chi connectivity index (χ2v) is 5.18. The summed E-state index contributed by atoms with van der Waals surface area (Å²) in [6.07, 6.45) is 2.03. The molecule has 1 aromatic carbocycles. The molecule has 4 nitrogen and oxygen atoms in total. The molecule has 0 spiro atoms. The van der Waals surface area contributed by atoms with Gasteiger partial charge in [-0.1, -0.05) is 17.3 Å². The Balaban J connectivity index is 2.03. The van der Waals surface area contributed by atoms with Crippen molar-refractivity contribution in [3.8, 4) is 0 Å². The Labute approximate surface area is 116 Å². The van der Waals surface area contributed by atoms with Crippen LogP contribution >= 0.6 is 11.8 Å². The molecule has 0 aliphatic carbocycles. The SMILES string of the molecule is CSc1ccc([C@H](C)NC(=O)c2cc(C)no2)cc1. The predicted octanol–water partition coefficient (Wildman–Crippen LogP) is 3.20. The maximum absolute atomic E-state index is 11.9. The van der Waals surface area contributed by atoms with E-state index in [1.807, 2.05) is 37.4 Å². The van der Waals surface area contributed by atoms with Crippen LogP contribution in [0.5, 0.6) is 0 Å². The van der Waals surface area contributed by atoms with E-state index >= 15 is 0 Å². The van der Waals surface area contributed by atoms with Crippen molar-refractivity contribution < 1.29 is 9.32 Å². The van der Waals surface area contributed by atoms with E-state index in [-0.39, 0.29) is 17.7 Å². The summed E-state index contributed by atoms with van der Waals surface area (Å²) in [5, 5.41) is 6.59. The number of benzene rings is 1. The highest BCUT2D eigenvalue weighted by Crippen LogP contribution is 2.19. The van der Waals surface area contributed by atoms with Crippen molar-refractivity contribution >= 4 is 17.7 Å². The second-order valence-electron chi connectivity index (χ2n) is 4.30. The van der Waals surface area contributed by atoms with Gasteiger partial charge in [0.15, 0.2) is 0 Å². The van der Waals surface area contributed by atoms with Gasteiger partial charge < -0.3 is 9.84 Å². The minimum Gasteiger partial charge on any atom is -0.351 e. The molecule has 0 fully saturated rings. The molecule has 0 bridgehead atoms. The summed E-state index contributed by atoms with van der Waals surface area (Å²) >= 11 is 1.69. The molecule has 0 saturated carbocycles. The summed E-state index contributed by atoms with van der Waals surface area (Å²) in [5.41, 5.74) is 1.75. The van der Waals surface area contributed by atoms with Gasteiger partial charge in [0.25, 0.3) is 5.91 Å². The van der Waals surface area contributed by atoms with Gasteiger partial charge in [-0.15, -0.1) is 11.8 Å². The normalized spacial score (nSPS) is 12.2. The number of hydrogen-bond donors (Lipinski definition) is 1. The van der Waals surface area contributed by atoms with E-state index in [9.17, 15) is 4.79 Å². The van der Waals surface area contributed by atoms with E-state index < -0.39 is 0 Å². The summed E-state index contributed by atoms with van der Waals surface area (Å²) in [6.45, 7) is 3.72. The van der Waals surface area contributed by atoms with Crippen LogP contribution in [0.1, 0.15) is 34.8 Å². The zero-order valence-electron chi connectivity index (χ0n) is 11.1. The molecule has 0 aliphatic heterocycles. The third kappa shape index (κ3) is 3.38. The van der Waals surface area contributed by atoms with Gasteiger partial charge in [0.05, 0.1) is 11.7 Å². The summed E-state index contributed by atoms with van der Waals surface area (Å²) < 4.78 is 4.93. The van der Waals surface area contributed by atoms with Crippen molar-refractivity contribution in [1.82, 2.24) is 10.5 Å². The molecule has 2 aromatic rings. The van der Waals surface area contributed by atoms with Crippen LogP contribution in [0, 0.1) is 6.92 Å². The lowest BCUT2D eigenvalue weighted by molar-refractivity contribution is 0.0902. The first-order valence-electron chi connectivity index (χ1n) is 5.98. The highest BCUT2D eigenvalue weighted by atomic mass is 32.2. The smallest absolute Gasteiger partial charge is 0.290 e. The van der Waals surface area contributed by atoms with E-state index in [1.165, 1.54) is 4.90 Å². The third-order valence-electron chi connectivity index (χ3n) is 2.82. The van der Waals surface area contributed by atoms with Crippen LogP contribution < -0.4 is 5.32 Å². The van der Waals surface area contributed by atoms with E-state index in [4.69, 9.17) is 4.52 Å². The zero-order valence-corrected chi connectivity index (χ0v) is 12.0. The number of aromatic nitrogens is 1. The Hall–Kier alpha value is -1.75. The Morgan fingerprint density at radius 1 is 1.37 bits per heavy atom. The lowest BCUT2D eigenvalue weighted by atomic mass is 10.1. The third-order valence-corrected chi connectivity index (χ3v) is 3.56. The predicted molar refractivity (Wildman–Crippen MR) is 75.3 cm³/mol. The molecule has 1 amide bonds. The summed E-state index contributed by atoms with van der Waals surface area (Å²) in [4.78, 5) is 13.1. The molecule has 2 rings (SSSR count).